The number of likely N-dealkylation sites (N-methyl/N-ethyl adjacent to an activating group) is 1. The molecule has 0 bridgehead atoms. The summed E-state index contributed by atoms with van der Waals surface area (Å²) in [5.41, 5.74) is -0.192. The zero-order chi connectivity index (χ0) is 21.9. The van der Waals surface area contributed by atoms with E-state index in [1.807, 2.05) is 24.3 Å². The highest BCUT2D eigenvalue weighted by atomic mass is 35.5. The van der Waals surface area contributed by atoms with Crippen molar-refractivity contribution in [2.75, 3.05) is 25.0 Å². The van der Waals surface area contributed by atoms with Gasteiger partial charge in [0.05, 0.1) is 0 Å². The number of anilines is 1. The van der Waals surface area contributed by atoms with Crippen LogP contribution in [0.1, 0.15) is 18.4 Å². The first-order valence-electron chi connectivity index (χ1n) is 9.39. The standard InChI is InChI=1S/C21H22ClF3N2O3/c1-26(16-6-8-17(9-7-16)30-21(23,24)25)19(28)20(29)10-12-27(13-11-20)14-15-4-2-3-5-18(15)22/h2-9,29H,10-14H2,1H3. The van der Waals surface area contributed by atoms with Crippen molar-refractivity contribution in [3.05, 3.63) is 59.1 Å². The molecule has 0 unspecified atom stereocenters. The molecule has 9 heteroatoms. The molecule has 1 saturated heterocycles. The van der Waals surface area contributed by atoms with Crippen molar-refractivity contribution >= 4 is 23.2 Å². The molecule has 0 atom stereocenters. The summed E-state index contributed by atoms with van der Waals surface area (Å²) >= 11 is 6.20. The molecule has 2 aromatic rings. The number of benzene rings is 2. The zero-order valence-corrected chi connectivity index (χ0v) is 17.1. The van der Waals surface area contributed by atoms with E-state index in [0.717, 1.165) is 17.7 Å². The van der Waals surface area contributed by atoms with Crippen molar-refractivity contribution in [1.82, 2.24) is 4.90 Å². The normalized spacial score (nSPS) is 16.9. The highest BCUT2D eigenvalue weighted by Crippen LogP contribution is 2.30. The van der Waals surface area contributed by atoms with E-state index in [9.17, 15) is 23.1 Å². The van der Waals surface area contributed by atoms with E-state index in [1.165, 1.54) is 24.1 Å². The van der Waals surface area contributed by atoms with Gasteiger partial charge in [0.2, 0.25) is 0 Å². The van der Waals surface area contributed by atoms with Gasteiger partial charge in [-0.3, -0.25) is 9.69 Å². The summed E-state index contributed by atoms with van der Waals surface area (Å²) in [5.74, 6) is -0.872. The Morgan fingerprint density at radius 1 is 1.17 bits per heavy atom. The Hall–Kier alpha value is -2.29. The predicted molar refractivity (Wildman–Crippen MR) is 107 cm³/mol. The number of likely N-dealkylation sites (tertiary alicyclic amines) is 1. The number of rotatable bonds is 5. The number of carbonyl (C=O) groups excluding carboxylic acids is 1. The van der Waals surface area contributed by atoms with Gasteiger partial charge in [-0.15, -0.1) is 13.2 Å². The number of aliphatic hydroxyl groups is 1. The molecule has 1 heterocycles. The predicted octanol–water partition coefficient (Wildman–Crippen LogP) is 4.23. The largest absolute Gasteiger partial charge is 0.573 e. The molecule has 0 radical (unpaired) electrons. The number of alkyl halides is 3. The molecule has 0 aliphatic carbocycles. The first-order valence-corrected chi connectivity index (χ1v) is 9.77. The van der Waals surface area contributed by atoms with Crippen LogP contribution in [0.3, 0.4) is 0 Å². The lowest BCUT2D eigenvalue weighted by molar-refractivity contribution is -0.274. The quantitative estimate of drug-likeness (QED) is 0.753. The molecule has 30 heavy (non-hydrogen) atoms. The third-order valence-electron chi connectivity index (χ3n) is 5.20. The molecule has 1 aliphatic rings. The zero-order valence-electron chi connectivity index (χ0n) is 16.3. The Labute approximate surface area is 177 Å². The number of hydrogen-bond acceptors (Lipinski definition) is 4. The molecular formula is C21H22ClF3N2O3. The summed E-state index contributed by atoms with van der Waals surface area (Å²) < 4.78 is 40.7. The van der Waals surface area contributed by atoms with Gasteiger partial charge in [-0.25, -0.2) is 0 Å². The smallest absolute Gasteiger partial charge is 0.406 e. The second-order valence-electron chi connectivity index (χ2n) is 7.31. The van der Waals surface area contributed by atoms with Crippen molar-refractivity contribution in [3.63, 3.8) is 0 Å². The van der Waals surface area contributed by atoms with Gasteiger partial charge in [0.15, 0.2) is 0 Å². The second-order valence-corrected chi connectivity index (χ2v) is 7.71. The molecule has 0 saturated carbocycles. The first kappa shape index (κ1) is 22.4. The van der Waals surface area contributed by atoms with Gasteiger partial charge in [-0.1, -0.05) is 29.8 Å². The third kappa shape index (κ3) is 5.44. The van der Waals surface area contributed by atoms with Crippen LogP contribution >= 0.6 is 11.6 Å². The van der Waals surface area contributed by atoms with Crippen LogP contribution in [-0.4, -0.2) is 48.0 Å². The van der Waals surface area contributed by atoms with Gasteiger partial charge >= 0.3 is 6.36 Å². The summed E-state index contributed by atoms with van der Waals surface area (Å²) in [5, 5.41) is 11.6. The number of ether oxygens (including phenoxy) is 1. The van der Waals surface area contributed by atoms with Crippen LogP contribution in [0.25, 0.3) is 0 Å². The van der Waals surface area contributed by atoms with E-state index in [4.69, 9.17) is 11.6 Å². The lowest BCUT2D eigenvalue weighted by atomic mass is 9.89. The summed E-state index contributed by atoms with van der Waals surface area (Å²) in [4.78, 5) is 16.2. The van der Waals surface area contributed by atoms with Gasteiger partial charge in [-0.05, 0) is 48.7 Å². The Bertz CT molecular complexity index is 882. The fourth-order valence-electron chi connectivity index (χ4n) is 3.46. The van der Waals surface area contributed by atoms with Crippen molar-refractivity contribution in [3.8, 4) is 5.75 Å². The van der Waals surface area contributed by atoms with Gasteiger partial charge in [-0.2, -0.15) is 0 Å². The highest BCUT2D eigenvalue weighted by Gasteiger charge is 2.41. The molecule has 1 aliphatic heterocycles. The van der Waals surface area contributed by atoms with Crippen LogP contribution in [0, 0.1) is 0 Å². The molecule has 2 aromatic carbocycles. The summed E-state index contributed by atoms with van der Waals surface area (Å²) in [6.07, 6.45) is -4.29. The minimum absolute atomic E-state index is 0.246. The van der Waals surface area contributed by atoms with E-state index in [0.29, 0.717) is 30.3 Å². The SMILES string of the molecule is CN(C(=O)C1(O)CCN(Cc2ccccc2Cl)CC1)c1ccc(OC(F)(F)F)cc1. The Kier molecular flexibility index (Phi) is 6.59. The summed E-state index contributed by atoms with van der Waals surface area (Å²) in [7, 11) is 1.48. The molecule has 3 rings (SSSR count). The molecular weight excluding hydrogens is 421 g/mol. The third-order valence-corrected chi connectivity index (χ3v) is 5.56. The summed E-state index contributed by atoms with van der Waals surface area (Å²) in [6, 6.07) is 12.5. The average molecular weight is 443 g/mol. The number of halogens is 4. The van der Waals surface area contributed by atoms with Crippen LogP contribution in [0.4, 0.5) is 18.9 Å². The Balaban J connectivity index is 1.60. The van der Waals surface area contributed by atoms with Crippen LogP contribution in [0.5, 0.6) is 5.75 Å². The van der Waals surface area contributed by atoms with Crippen LogP contribution in [-0.2, 0) is 11.3 Å². The topological polar surface area (TPSA) is 53.0 Å². The lowest BCUT2D eigenvalue weighted by Crippen LogP contribution is -2.54. The highest BCUT2D eigenvalue weighted by molar-refractivity contribution is 6.31. The first-order chi connectivity index (χ1) is 14.1. The van der Waals surface area contributed by atoms with E-state index >= 15 is 0 Å². The minimum Gasteiger partial charge on any atom is -0.406 e. The fourth-order valence-corrected chi connectivity index (χ4v) is 3.66. The minimum atomic E-state index is -4.78. The average Bonchev–Trinajstić information content (AvgIpc) is 2.70. The number of carbonyl (C=O) groups is 1. The number of nitrogens with zero attached hydrogens (tertiary/aromatic N) is 2. The second kappa shape index (κ2) is 8.83. The van der Waals surface area contributed by atoms with Gasteiger partial charge < -0.3 is 14.7 Å². The van der Waals surface area contributed by atoms with Crippen LogP contribution in [0.15, 0.2) is 48.5 Å². The van der Waals surface area contributed by atoms with Gasteiger partial charge in [0.1, 0.15) is 11.4 Å². The molecule has 1 N–H and O–H groups in total. The van der Waals surface area contributed by atoms with Crippen molar-refractivity contribution < 1.29 is 27.8 Å². The number of hydrogen-bond donors (Lipinski definition) is 1. The maximum Gasteiger partial charge on any atom is 0.573 e. The van der Waals surface area contributed by atoms with E-state index in [2.05, 4.69) is 9.64 Å². The number of piperidine rings is 1. The molecule has 1 fully saturated rings. The van der Waals surface area contributed by atoms with Crippen LogP contribution in [0.2, 0.25) is 5.02 Å². The molecule has 162 valence electrons. The van der Waals surface area contributed by atoms with Crippen molar-refractivity contribution in [2.24, 2.45) is 0 Å². The lowest BCUT2D eigenvalue weighted by Gasteiger charge is -2.39. The Morgan fingerprint density at radius 3 is 2.33 bits per heavy atom. The maximum atomic E-state index is 12.9. The summed E-state index contributed by atoms with van der Waals surface area (Å²) in [6.45, 7) is 1.65. The molecule has 5 nitrogen and oxygen atoms in total. The van der Waals surface area contributed by atoms with Crippen molar-refractivity contribution in [2.45, 2.75) is 31.3 Å². The van der Waals surface area contributed by atoms with Crippen molar-refractivity contribution in [1.29, 1.82) is 0 Å². The number of amides is 1. The molecule has 0 spiro atoms. The Morgan fingerprint density at radius 2 is 1.77 bits per heavy atom. The van der Waals surface area contributed by atoms with E-state index in [-0.39, 0.29) is 18.6 Å². The fraction of sp³-hybridized carbons (Fsp3) is 0.381. The molecule has 1 amide bonds. The monoisotopic (exact) mass is 442 g/mol. The van der Waals surface area contributed by atoms with Gasteiger partial charge in [0, 0.05) is 37.4 Å². The van der Waals surface area contributed by atoms with E-state index in [1.54, 1.807) is 0 Å². The molecule has 0 aromatic heterocycles. The van der Waals surface area contributed by atoms with E-state index < -0.39 is 17.9 Å². The maximum absolute atomic E-state index is 12.9. The van der Waals surface area contributed by atoms with Gasteiger partial charge in [0.25, 0.3) is 5.91 Å². The van der Waals surface area contributed by atoms with Crippen LogP contribution < -0.4 is 9.64 Å².